The number of nitrogens with one attached hydrogen (secondary N) is 1. The molecule has 0 spiro atoms. The SMILES string of the molecule is CCNC1CC(C)S(=O)c2cc3c(cc21)OCCO3. The highest BCUT2D eigenvalue weighted by molar-refractivity contribution is 7.85. The number of rotatable bonds is 2. The van der Waals surface area contributed by atoms with Gasteiger partial charge in [0, 0.05) is 22.3 Å². The van der Waals surface area contributed by atoms with E-state index in [9.17, 15) is 4.21 Å². The average molecular weight is 281 g/mol. The Labute approximate surface area is 115 Å². The van der Waals surface area contributed by atoms with Crippen molar-refractivity contribution in [3.63, 3.8) is 0 Å². The lowest BCUT2D eigenvalue weighted by Gasteiger charge is -2.31. The Balaban J connectivity index is 2.08. The van der Waals surface area contributed by atoms with Crippen molar-refractivity contribution in [3.8, 4) is 11.5 Å². The van der Waals surface area contributed by atoms with Crippen LogP contribution in [0.1, 0.15) is 31.9 Å². The van der Waals surface area contributed by atoms with Crippen molar-refractivity contribution in [1.82, 2.24) is 5.32 Å². The maximum Gasteiger partial charge on any atom is 0.162 e. The van der Waals surface area contributed by atoms with E-state index in [1.165, 1.54) is 0 Å². The van der Waals surface area contributed by atoms with Gasteiger partial charge < -0.3 is 14.8 Å². The molecular weight excluding hydrogens is 262 g/mol. The maximum atomic E-state index is 12.4. The lowest BCUT2D eigenvalue weighted by Crippen LogP contribution is -2.32. The number of fused-ring (bicyclic) bond motifs is 2. The van der Waals surface area contributed by atoms with Crippen molar-refractivity contribution in [2.24, 2.45) is 0 Å². The topological polar surface area (TPSA) is 47.6 Å². The van der Waals surface area contributed by atoms with Gasteiger partial charge >= 0.3 is 0 Å². The predicted molar refractivity (Wildman–Crippen MR) is 74.3 cm³/mol. The molecule has 0 radical (unpaired) electrons. The van der Waals surface area contributed by atoms with E-state index in [-0.39, 0.29) is 11.3 Å². The third-order valence-electron chi connectivity index (χ3n) is 3.65. The molecule has 104 valence electrons. The molecular formula is C14H19NO3S. The molecule has 0 aliphatic carbocycles. The smallest absolute Gasteiger partial charge is 0.162 e. The minimum Gasteiger partial charge on any atom is -0.486 e. The minimum atomic E-state index is -0.958. The summed E-state index contributed by atoms with van der Waals surface area (Å²) in [5.41, 5.74) is 1.10. The molecule has 0 saturated heterocycles. The average Bonchev–Trinajstić information content (AvgIpc) is 2.43. The van der Waals surface area contributed by atoms with Crippen LogP contribution in [0.5, 0.6) is 11.5 Å². The molecule has 2 aliphatic rings. The molecule has 1 aromatic rings. The largest absolute Gasteiger partial charge is 0.486 e. The summed E-state index contributed by atoms with van der Waals surface area (Å²) in [6, 6.07) is 4.16. The van der Waals surface area contributed by atoms with Crippen LogP contribution in [0, 0.1) is 0 Å². The maximum absolute atomic E-state index is 12.4. The van der Waals surface area contributed by atoms with Crippen LogP contribution in [-0.4, -0.2) is 29.2 Å². The molecule has 3 atom stereocenters. The lowest BCUT2D eigenvalue weighted by atomic mass is 10.0. The van der Waals surface area contributed by atoms with Gasteiger partial charge in [0.2, 0.25) is 0 Å². The van der Waals surface area contributed by atoms with E-state index < -0.39 is 10.8 Å². The summed E-state index contributed by atoms with van der Waals surface area (Å²) in [6.45, 7) is 6.17. The summed E-state index contributed by atoms with van der Waals surface area (Å²) >= 11 is 0. The van der Waals surface area contributed by atoms with Gasteiger partial charge in [-0.25, -0.2) is 0 Å². The fourth-order valence-corrected chi connectivity index (χ4v) is 4.19. The molecule has 0 fully saturated rings. The van der Waals surface area contributed by atoms with Gasteiger partial charge in [-0.2, -0.15) is 0 Å². The van der Waals surface area contributed by atoms with Gasteiger partial charge in [-0.05, 0) is 24.6 Å². The van der Waals surface area contributed by atoms with Gasteiger partial charge in [-0.15, -0.1) is 0 Å². The van der Waals surface area contributed by atoms with E-state index in [0.29, 0.717) is 13.2 Å². The van der Waals surface area contributed by atoms with Gasteiger partial charge in [0.1, 0.15) is 13.2 Å². The van der Waals surface area contributed by atoms with Crippen LogP contribution in [0.3, 0.4) is 0 Å². The zero-order valence-electron chi connectivity index (χ0n) is 11.3. The number of hydrogen-bond acceptors (Lipinski definition) is 4. The molecule has 3 rings (SSSR count). The van der Waals surface area contributed by atoms with Gasteiger partial charge in [0.05, 0.1) is 10.8 Å². The highest BCUT2D eigenvalue weighted by atomic mass is 32.2. The first-order chi connectivity index (χ1) is 9.20. The zero-order valence-corrected chi connectivity index (χ0v) is 12.1. The van der Waals surface area contributed by atoms with Crippen LogP contribution in [0.25, 0.3) is 0 Å². The van der Waals surface area contributed by atoms with Crippen molar-refractivity contribution in [2.45, 2.75) is 36.5 Å². The van der Waals surface area contributed by atoms with E-state index in [1.807, 2.05) is 19.1 Å². The monoisotopic (exact) mass is 281 g/mol. The first-order valence-corrected chi connectivity index (χ1v) is 7.99. The van der Waals surface area contributed by atoms with Crippen molar-refractivity contribution < 1.29 is 13.7 Å². The summed E-state index contributed by atoms with van der Waals surface area (Å²) in [5, 5.41) is 3.63. The number of ether oxygens (including phenoxy) is 2. The number of benzene rings is 1. The van der Waals surface area contributed by atoms with Crippen LogP contribution in [0.15, 0.2) is 17.0 Å². The molecule has 5 heteroatoms. The second-order valence-corrected chi connectivity index (χ2v) is 6.83. The van der Waals surface area contributed by atoms with E-state index in [1.54, 1.807) is 0 Å². The highest BCUT2D eigenvalue weighted by Gasteiger charge is 2.32. The standard InChI is InChI=1S/C14H19NO3S/c1-3-15-11-6-9(2)19(16)14-8-13-12(7-10(11)14)17-4-5-18-13/h7-9,11,15H,3-6H2,1-2H3. The van der Waals surface area contributed by atoms with Gasteiger partial charge in [-0.3, -0.25) is 4.21 Å². The van der Waals surface area contributed by atoms with Crippen molar-refractivity contribution in [2.75, 3.05) is 19.8 Å². The van der Waals surface area contributed by atoms with Crippen LogP contribution in [-0.2, 0) is 10.8 Å². The highest BCUT2D eigenvalue weighted by Crippen LogP contribution is 2.41. The van der Waals surface area contributed by atoms with Crippen molar-refractivity contribution >= 4 is 10.8 Å². The quantitative estimate of drug-likeness (QED) is 0.901. The summed E-state index contributed by atoms with van der Waals surface area (Å²) < 4.78 is 23.7. The normalized spacial score (nSPS) is 28.8. The number of hydrogen-bond donors (Lipinski definition) is 1. The van der Waals surface area contributed by atoms with Crippen LogP contribution in [0.2, 0.25) is 0 Å². The fourth-order valence-electron chi connectivity index (χ4n) is 2.74. The minimum absolute atomic E-state index is 0.166. The molecule has 3 unspecified atom stereocenters. The molecule has 1 aromatic carbocycles. The predicted octanol–water partition coefficient (Wildman–Crippen LogP) is 2.01. The van der Waals surface area contributed by atoms with Crippen LogP contribution < -0.4 is 14.8 Å². The van der Waals surface area contributed by atoms with E-state index in [0.717, 1.165) is 34.9 Å². The van der Waals surface area contributed by atoms with E-state index in [2.05, 4.69) is 12.2 Å². The molecule has 0 bridgehead atoms. The van der Waals surface area contributed by atoms with Crippen LogP contribution >= 0.6 is 0 Å². The molecule has 0 aromatic heterocycles. The molecule has 2 heterocycles. The van der Waals surface area contributed by atoms with E-state index >= 15 is 0 Å². The first-order valence-electron chi connectivity index (χ1n) is 6.78. The second-order valence-electron chi connectivity index (χ2n) is 4.99. The zero-order chi connectivity index (χ0) is 13.4. The summed E-state index contributed by atoms with van der Waals surface area (Å²) in [5.74, 6) is 1.50. The summed E-state index contributed by atoms with van der Waals surface area (Å²) in [6.07, 6.45) is 0.896. The van der Waals surface area contributed by atoms with Gasteiger partial charge in [0.15, 0.2) is 11.5 Å². The Morgan fingerprint density at radius 3 is 2.68 bits per heavy atom. The first kappa shape index (κ1) is 12.9. The van der Waals surface area contributed by atoms with Gasteiger partial charge in [-0.1, -0.05) is 13.8 Å². The van der Waals surface area contributed by atoms with Crippen molar-refractivity contribution in [1.29, 1.82) is 0 Å². The second kappa shape index (κ2) is 5.13. The summed E-state index contributed by atoms with van der Waals surface area (Å²) in [4.78, 5) is 0.897. The molecule has 2 aliphatic heterocycles. The third kappa shape index (κ3) is 2.25. The lowest BCUT2D eigenvalue weighted by molar-refractivity contribution is 0.170. The molecule has 4 nitrogen and oxygen atoms in total. The molecule has 19 heavy (non-hydrogen) atoms. The van der Waals surface area contributed by atoms with Crippen LogP contribution in [0.4, 0.5) is 0 Å². The molecule has 0 amide bonds. The molecule has 1 N–H and O–H groups in total. The Bertz CT molecular complexity index is 518. The Kier molecular flexibility index (Phi) is 3.50. The third-order valence-corrected chi connectivity index (χ3v) is 5.36. The molecule has 0 saturated carbocycles. The fraction of sp³-hybridized carbons (Fsp3) is 0.571. The van der Waals surface area contributed by atoms with Crippen molar-refractivity contribution in [3.05, 3.63) is 17.7 Å². The van der Waals surface area contributed by atoms with E-state index in [4.69, 9.17) is 9.47 Å². The Morgan fingerprint density at radius 1 is 1.32 bits per heavy atom. The summed E-state index contributed by atoms with van der Waals surface area (Å²) in [7, 11) is -0.958. The van der Waals surface area contributed by atoms with Gasteiger partial charge in [0.25, 0.3) is 0 Å². The Morgan fingerprint density at radius 2 is 2.00 bits per heavy atom. The Hall–Kier alpha value is -1.07.